The van der Waals surface area contributed by atoms with Gasteiger partial charge in [0.2, 0.25) is 0 Å². The lowest BCUT2D eigenvalue weighted by atomic mass is 10.2. The van der Waals surface area contributed by atoms with Gasteiger partial charge in [-0.1, -0.05) is 29.3 Å². The fraction of sp³-hybridized carbons (Fsp3) is 0.125. The maximum absolute atomic E-state index is 12.0. The molecule has 0 heterocycles. The smallest absolute Gasteiger partial charge is 0.337 e. The Morgan fingerprint density at radius 2 is 1.83 bits per heavy atom. The molecule has 0 aliphatic carbocycles. The molecule has 2 aromatic rings. The second-order valence-corrected chi connectivity index (χ2v) is 6.24. The van der Waals surface area contributed by atoms with Crippen LogP contribution in [0.2, 0.25) is 10.0 Å². The number of carbonyl (C=O) groups is 2. The Morgan fingerprint density at radius 3 is 2.42 bits per heavy atom. The Labute approximate surface area is 157 Å². The number of nitrogens with one attached hydrogen (secondary N) is 1. The highest BCUT2D eigenvalue weighted by atomic mass is 79.9. The predicted octanol–water partition coefficient (Wildman–Crippen LogP) is 4.56. The highest BCUT2D eigenvalue weighted by Gasteiger charge is 2.13. The number of rotatable bonds is 5. The summed E-state index contributed by atoms with van der Waals surface area (Å²) in [6.07, 6.45) is 0. The first-order valence-electron chi connectivity index (χ1n) is 6.67. The molecule has 0 spiro atoms. The lowest BCUT2D eigenvalue weighted by Gasteiger charge is -2.11. The van der Waals surface area contributed by atoms with Crippen LogP contribution in [0.1, 0.15) is 10.4 Å². The third-order valence-electron chi connectivity index (χ3n) is 2.94. The largest absolute Gasteiger partial charge is 0.483 e. The molecule has 0 aliphatic rings. The van der Waals surface area contributed by atoms with Crippen molar-refractivity contribution in [1.29, 1.82) is 0 Å². The van der Waals surface area contributed by atoms with Crippen molar-refractivity contribution < 1.29 is 19.1 Å². The summed E-state index contributed by atoms with van der Waals surface area (Å²) in [4.78, 5) is 23.4. The third kappa shape index (κ3) is 4.63. The second kappa shape index (κ2) is 8.37. The van der Waals surface area contributed by atoms with Gasteiger partial charge in [0.1, 0.15) is 5.75 Å². The van der Waals surface area contributed by atoms with Gasteiger partial charge in [0.15, 0.2) is 6.61 Å². The van der Waals surface area contributed by atoms with Crippen LogP contribution in [0, 0.1) is 0 Å². The fourth-order valence-electron chi connectivity index (χ4n) is 1.80. The van der Waals surface area contributed by atoms with E-state index < -0.39 is 11.9 Å². The molecular formula is C16H12BrCl2NO4. The molecule has 0 aromatic heterocycles. The van der Waals surface area contributed by atoms with Crippen molar-refractivity contribution >= 4 is 56.7 Å². The van der Waals surface area contributed by atoms with Gasteiger partial charge < -0.3 is 14.8 Å². The highest BCUT2D eigenvalue weighted by Crippen LogP contribution is 2.30. The zero-order chi connectivity index (χ0) is 17.7. The molecule has 24 heavy (non-hydrogen) atoms. The van der Waals surface area contributed by atoms with Gasteiger partial charge in [-0.2, -0.15) is 0 Å². The molecule has 1 N–H and O–H groups in total. The highest BCUT2D eigenvalue weighted by molar-refractivity contribution is 9.10. The van der Waals surface area contributed by atoms with E-state index in [0.717, 1.165) is 0 Å². The van der Waals surface area contributed by atoms with Crippen LogP contribution in [-0.2, 0) is 9.53 Å². The Morgan fingerprint density at radius 1 is 1.17 bits per heavy atom. The SMILES string of the molecule is COC(=O)c1ccc(OCC(=O)Nc2c(Cl)cccc2Cl)c(Br)c1. The molecule has 2 aromatic carbocycles. The number of benzene rings is 2. The quantitative estimate of drug-likeness (QED) is 0.703. The Bertz CT molecular complexity index is 762. The van der Waals surface area contributed by atoms with E-state index in [9.17, 15) is 9.59 Å². The first-order chi connectivity index (χ1) is 11.4. The van der Waals surface area contributed by atoms with Crippen LogP contribution in [0.5, 0.6) is 5.75 Å². The van der Waals surface area contributed by atoms with Crippen molar-refractivity contribution in [2.45, 2.75) is 0 Å². The molecule has 0 fully saturated rings. The van der Waals surface area contributed by atoms with E-state index in [1.807, 2.05) is 0 Å². The fourth-order valence-corrected chi connectivity index (χ4v) is 2.78. The van der Waals surface area contributed by atoms with Gasteiger partial charge in [-0.25, -0.2) is 4.79 Å². The zero-order valence-electron chi connectivity index (χ0n) is 12.4. The van der Waals surface area contributed by atoms with Crippen LogP contribution < -0.4 is 10.1 Å². The van der Waals surface area contributed by atoms with E-state index >= 15 is 0 Å². The number of ether oxygens (including phenoxy) is 2. The van der Waals surface area contributed by atoms with E-state index in [-0.39, 0.29) is 6.61 Å². The first kappa shape index (κ1) is 18.6. The summed E-state index contributed by atoms with van der Waals surface area (Å²) in [5, 5.41) is 3.26. The minimum absolute atomic E-state index is 0.252. The molecule has 0 radical (unpaired) electrons. The number of esters is 1. The normalized spacial score (nSPS) is 10.2. The molecule has 5 nitrogen and oxygen atoms in total. The van der Waals surface area contributed by atoms with Crippen molar-refractivity contribution in [3.05, 3.63) is 56.5 Å². The minimum atomic E-state index is -0.464. The summed E-state index contributed by atoms with van der Waals surface area (Å²) in [6, 6.07) is 9.56. The van der Waals surface area contributed by atoms with Gasteiger partial charge >= 0.3 is 5.97 Å². The second-order valence-electron chi connectivity index (χ2n) is 4.57. The number of amides is 1. The summed E-state index contributed by atoms with van der Waals surface area (Å²) < 4.78 is 10.6. The maximum Gasteiger partial charge on any atom is 0.337 e. The number of hydrogen-bond acceptors (Lipinski definition) is 4. The summed E-state index contributed by atoms with van der Waals surface area (Å²) in [5.41, 5.74) is 0.693. The van der Waals surface area contributed by atoms with Crippen molar-refractivity contribution in [2.24, 2.45) is 0 Å². The minimum Gasteiger partial charge on any atom is -0.483 e. The van der Waals surface area contributed by atoms with Crippen LogP contribution in [0.4, 0.5) is 5.69 Å². The van der Waals surface area contributed by atoms with E-state index in [4.69, 9.17) is 27.9 Å². The van der Waals surface area contributed by atoms with Gasteiger partial charge in [0.25, 0.3) is 5.91 Å². The van der Waals surface area contributed by atoms with Gasteiger partial charge in [-0.05, 0) is 46.3 Å². The van der Waals surface area contributed by atoms with Crippen LogP contribution in [0.3, 0.4) is 0 Å². The van der Waals surface area contributed by atoms with Crippen molar-refractivity contribution in [1.82, 2.24) is 0 Å². The van der Waals surface area contributed by atoms with E-state index in [1.165, 1.54) is 13.2 Å². The van der Waals surface area contributed by atoms with Crippen LogP contribution in [0.25, 0.3) is 0 Å². The molecule has 1 amide bonds. The molecule has 2 rings (SSSR count). The van der Waals surface area contributed by atoms with Gasteiger partial charge in [0.05, 0.1) is 32.9 Å². The predicted molar refractivity (Wildman–Crippen MR) is 96.1 cm³/mol. The van der Waals surface area contributed by atoms with E-state index in [1.54, 1.807) is 30.3 Å². The summed E-state index contributed by atoms with van der Waals surface area (Å²) in [7, 11) is 1.30. The van der Waals surface area contributed by atoms with Gasteiger partial charge in [-0.15, -0.1) is 0 Å². The molecule has 0 unspecified atom stereocenters. The van der Waals surface area contributed by atoms with Gasteiger partial charge in [-0.3, -0.25) is 4.79 Å². The standard InChI is InChI=1S/C16H12BrCl2NO4/c1-23-16(22)9-5-6-13(10(17)7-9)24-8-14(21)20-15-11(18)3-2-4-12(15)19/h2-7H,8H2,1H3,(H,20,21). The lowest BCUT2D eigenvalue weighted by Crippen LogP contribution is -2.20. The summed E-state index contributed by atoms with van der Waals surface area (Å²) >= 11 is 15.2. The monoisotopic (exact) mass is 431 g/mol. The number of anilines is 1. The van der Waals surface area contributed by atoms with Crippen LogP contribution in [-0.4, -0.2) is 25.6 Å². The van der Waals surface area contributed by atoms with Crippen molar-refractivity contribution in [2.75, 3.05) is 19.0 Å². The average Bonchev–Trinajstić information content (AvgIpc) is 2.56. The van der Waals surface area contributed by atoms with E-state index in [0.29, 0.717) is 31.5 Å². The first-order valence-corrected chi connectivity index (χ1v) is 8.21. The number of carbonyl (C=O) groups excluding carboxylic acids is 2. The molecule has 0 bridgehead atoms. The number of para-hydroxylation sites is 1. The van der Waals surface area contributed by atoms with Crippen molar-refractivity contribution in [3.8, 4) is 5.75 Å². The summed E-state index contributed by atoms with van der Waals surface area (Å²) in [6.45, 7) is -0.252. The lowest BCUT2D eigenvalue weighted by molar-refractivity contribution is -0.118. The molecule has 0 aliphatic heterocycles. The third-order valence-corrected chi connectivity index (χ3v) is 4.19. The maximum atomic E-state index is 12.0. The van der Waals surface area contributed by atoms with Crippen LogP contribution in [0.15, 0.2) is 40.9 Å². The Hall–Kier alpha value is -1.76. The number of methoxy groups -OCH3 is 1. The Balaban J connectivity index is 2.00. The number of hydrogen-bond donors (Lipinski definition) is 1. The number of halogens is 3. The molecular weight excluding hydrogens is 421 g/mol. The summed E-state index contributed by atoms with van der Waals surface area (Å²) in [5.74, 6) is -0.481. The molecule has 0 atom stereocenters. The van der Waals surface area contributed by atoms with Gasteiger partial charge in [0, 0.05) is 0 Å². The molecule has 0 saturated carbocycles. The zero-order valence-corrected chi connectivity index (χ0v) is 15.5. The Kier molecular flexibility index (Phi) is 6.48. The molecule has 0 saturated heterocycles. The molecule has 8 heteroatoms. The topological polar surface area (TPSA) is 64.6 Å². The van der Waals surface area contributed by atoms with E-state index in [2.05, 4.69) is 26.0 Å². The van der Waals surface area contributed by atoms with Crippen molar-refractivity contribution in [3.63, 3.8) is 0 Å². The average molecular weight is 433 g/mol. The van der Waals surface area contributed by atoms with Crippen LogP contribution >= 0.6 is 39.1 Å². The molecule has 126 valence electrons.